The molecule has 0 heterocycles. The maximum absolute atomic E-state index is 12.2. The predicted molar refractivity (Wildman–Crippen MR) is 78.7 cm³/mol. The van der Waals surface area contributed by atoms with Gasteiger partial charge in [0, 0.05) is 5.02 Å². The van der Waals surface area contributed by atoms with Crippen molar-refractivity contribution in [3.05, 3.63) is 53.1 Å². The minimum Gasteiger partial charge on any atom is -0.507 e. The molecule has 0 aliphatic carbocycles. The first-order chi connectivity index (χ1) is 9.61. The van der Waals surface area contributed by atoms with Crippen molar-refractivity contribution in [3.63, 3.8) is 0 Å². The zero-order valence-electron chi connectivity index (χ0n) is 10.9. The number of carbonyl (C=O) groups excluding carboxylic acids is 1. The molecule has 4 nitrogen and oxygen atoms in total. The van der Waals surface area contributed by atoms with Crippen molar-refractivity contribution in [3.8, 4) is 11.5 Å². The molecule has 0 spiro atoms. The Bertz CT molecular complexity index is 628. The van der Waals surface area contributed by atoms with Crippen molar-refractivity contribution in [2.45, 2.75) is 6.92 Å². The number of phenolic OH excluding ortho intramolecular Hbond substituents is 1. The van der Waals surface area contributed by atoms with E-state index in [1.807, 2.05) is 13.0 Å². The van der Waals surface area contributed by atoms with Crippen LogP contribution in [-0.4, -0.2) is 17.6 Å². The number of nitrogens with one attached hydrogen (secondary N) is 1. The van der Waals surface area contributed by atoms with Gasteiger partial charge in [0.05, 0.1) is 17.9 Å². The first-order valence-corrected chi connectivity index (χ1v) is 6.51. The van der Waals surface area contributed by atoms with Gasteiger partial charge in [-0.05, 0) is 37.3 Å². The van der Waals surface area contributed by atoms with Crippen LogP contribution in [0.5, 0.6) is 11.5 Å². The van der Waals surface area contributed by atoms with E-state index >= 15 is 0 Å². The van der Waals surface area contributed by atoms with Crippen LogP contribution < -0.4 is 10.1 Å². The second-order valence-electron chi connectivity index (χ2n) is 4.04. The van der Waals surface area contributed by atoms with E-state index in [4.69, 9.17) is 16.3 Å². The minimum atomic E-state index is -0.447. The molecule has 5 heteroatoms. The zero-order valence-corrected chi connectivity index (χ0v) is 11.6. The third-order valence-corrected chi connectivity index (χ3v) is 2.87. The largest absolute Gasteiger partial charge is 0.507 e. The maximum atomic E-state index is 12.2. The summed E-state index contributed by atoms with van der Waals surface area (Å²) in [5, 5.41) is 12.8. The number of hydrogen-bond donors (Lipinski definition) is 2. The highest BCUT2D eigenvalue weighted by molar-refractivity contribution is 6.31. The molecule has 0 aliphatic rings. The lowest BCUT2D eigenvalue weighted by Crippen LogP contribution is -2.13. The van der Waals surface area contributed by atoms with Crippen LogP contribution in [0.1, 0.15) is 17.3 Å². The van der Waals surface area contributed by atoms with Gasteiger partial charge in [0.15, 0.2) is 0 Å². The molecule has 0 unspecified atom stereocenters. The van der Waals surface area contributed by atoms with Crippen LogP contribution in [0.2, 0.25) is 5.02 Å². The number of carbonyl (C=O) groups is 1. The molecular weight excluding hydrogens is 278 g/mol. The van der Waals surface area contributed by atoms with E-state index in [1.165, 1.54) is 18.2 Å². The van der Waals surface area contributed by atoms with Gasteiger partial charge < -0.3 is 15.2 Å². The minimum absolute atomic E-state index is 0.115. The Balaban J connectivity index is 2.26. The molecule has 0 radical (unpaired) electrons. The van der Waals surface area contributed by atoms with E-state index in [0.717, 1.165) is 0 Å². The standard InChI is InChI=1S/C15H14ClNO3/c1-2-20-14-6-4-3-5-12(14)17-15(19)11-9-10(16)7-8-13(11)18/h3-9,18H,2H2,1H3,(H,17,19). The number of rotatable bonds is 4. The van der Waals surface area contributed by atoms with Crippen molar-refractivity contribution >= 4 is 23.2 Å². The molecule has 104 valence electrons. The van der Waals surface area contributed by atoms with Crippen molar-refractivity contribution in [2.24, 2.45) is 0 Å². The quantitative estimate of drug-likeness (QED) is 0.903. The summed E-state index contributed by atoms with van der Waals surface area (Å²) in [6.45, 7) is 2.36. The van der Waals surface area contributed by atoms with Gasteiger partial charge in [-0.3, -0.25) is 4.79 Å². The van der Waals surface area contributed by atoms with Crippen LogP contribution in [-0.2, 0) is 0 Å². The highest BCUT2D eigenvalue weighted by atomic mass is 35.5. The lowest BCUT2D eigenvalue weighted by atomic mass is 10.2. The van der Waals surface area contributed by atoms with E-state index in [2.05, 4.69) is 5.32 Å². The van der Waals surface area contributed by atoms with Gasteiger partial charge in [0.25, 0.3) is 5.91 Å². The number of amides is 1. The third kappa shape index (κ3) is 3.22. The fourth-order valence-corrected chi connectivity index (χ4v) is 1.90. The van der Waals surface area contributed by atoms with Gasteiger partial charge in [-0.15, -0.1) is 0 Å². The van der Waals surface area contributed by atoms with Gasteiger partial charge in [0.2, 0.25) is 0 Å². The third-order valence-electron chi connectivity index (χ3n) is 2.64. The number of para-hydroxylation sites is 2. The summed E-state index contributed by atoms with van der Waals surface area (Å²) in [5.74, 6) is 0.00260. The van der Waals surface area contributed by atoms with E-state index in [-0.39, 0.29) is 11.3 Å². The van der Waals surface area contributed by atoms with Gasteiger partial charge in [-0.25, -0.2) is 0 Å². The van der Waals surface area contributed by atoms with Crippen molar-refractivity contribution < 1.29 is 14.6 Å². The Morgan fingerprint density at radius 2 is 2.05 bits per heavy atom. The van der Waals surface area contributed by atoms with Crippen LogP contribution in [0.3, 0.4) is 0 Å². The predicted octanol–water partition coefficient (Wildman–Crippen LogP) is 3.70. The van der Waals surface area contributed by atoms with E-state index in [9.17, 15) is 9.90 Å². The monoisotopic (exact) mass is 291 g/mol. The van der Waals surface area contributed by atoms with Crippen LogP contribution in [0, 0.1) is 0 Å². The van der Waals surface area contributed by atoms with E-state index < -0.39 is 5.91 Å². The van der Waals surface area contributed by atoms with Crippen molar-refractivity contribution in [1.29, 1.82) is 0 Å². The number of aromatic hydroxyl groups is 1. The Morgan fingerprint density at radius 3 is 2.80 bits per heavy atom. The molecule has 0 saturated carbocycles. The highest BCUT2D eigenvalue weighted by Crippen LogP contribution is 2.27. The summed E-state index contributed by atoms with van der Waals surface area (Å²) in [6, 6.07) is 11.4. The number of phenols is 1. The molecular formula is C15H14ClNO3. The van der Waals surface area contributed by atoms with Gasteiger partial charge >= 0.3 is 0 Å². The SMILES string of the molecule is CCOc1ccccc1NC(=O)c1cc(Cl)ccc1O. The fraction of sp³-hybridized carbons (Fsp3) is 0.133. The second kappa shape index (κ2) is 6.30. The van der Waals surface area contributed by atoms with Crippen LogP contribution >= 0.6 is 11.6 Å². The number of benzene rings is 2. The summed E-state index contributed by atoms with van der Waals surface area (Å²) >= 11 is 5.83. The lowest BCUT2D eigenvalue weighted by molar-refractivity contribution is 0.102. The fourth-order valence-electron chi connectivity index (χ4n) is 1.73. The molecule has 1 amide bonds. The number of hydrogen-bond acceptors (Lipinski definition) is 3. The van der Waals surface area contributed by atoms with Crippen LogP contribution in [0.4, 0.5) is 5.69 Å². The molecule has 0 bridgehead atoms. The highest BCUT2D eigenvalue weighted by Gasteiger charge is 2.13. The molecule has 0 saturated heterocycles. The topological polar surface area (TPSA) is 58.6 Å². The molecule has 0 aromatic heterocycles. The van der Waals surface area contributed by atoms with Crippen molar-refractivity contribution in [2.75, 3.05) is 11.9 Å². The Kier molecular flexibility index (Phi) is 4.48. The zero-order chi connectivity index (χ0) is 14.5. The second-order valence-corrected chi connectivity index (χ2v) is 4.48. The number of anilines is 1. The van der Waals surface area contributed by atoms with Crippen molar-refractivity contribution in [1.82, 2.24) is 0 Å². The smallest absolute Gasteiger partial charge is 0.259 e. The Hall–Kier alpha value is -2.20. The molecule has 20 heavy (non-hydrogen) atoms. The summed E-state index contributed by atoms with van der Waals surface area (Å²) in [6.07, 6.45) is 0. The first-order valence-electron chi connectivity index (χ1n) is 6.13. The Morgan fingerprint density at radius 1 is 1.30 bits per heavy atom. The first kappa shape index (κ1) is 14.2. The molecule has 0 atom stereocenters. The summed E-state index contributed by atoms with van der Waals surface area (Å²) in [7, 11) is 0. The van der Waals surface area contributed by atoms with Crippen LogP contribution in [0.25, 0.3) is 0 Å². The lowest BCUT2D eigenvalue weighted by Gasteiger charge is -2.12. The molecule has 2 aromatic carbocycles. The molecule has 2 rings (SSSR count). The normalized spacial score (nSPS) is 10.1. The van der Waals surface area contributed by atoms with Crippen LogP contribution in [0.15, 0.2) is 42.5 Å². The van der Waals surface area contributed by atoms with Gasteiger partial charge in [0.1, 0.15) is 11.5 Å². The summed E-state index contributed by atoms with van der Waals surface area (Å²) in [5.41, 5.74) is 0.655. The molecule has 0 fully saturated rings. The molecule has 2 N–H and O–H groups in total. The Labute approximate surface area is 122 Å². The van der Waals surface area contributed by atoms with Gasteiger partial charge in [-0.2, -0.15) is 0 Å². The number of ether oxygens (including phenoxy) is 1. The summed E-state index contributed by atoms with van der Waals surface area (Å²) in [4.78, 5) is 12.2. The molecule has 0 aliphatic heterocycles. The van der Waals surface area contributed by atoms with E-state index in [1.54, 1.807) is 18.2 Å². The average Bonchev–Trinajstić information content (AvgIpc) is 2.44. The van der Waals surface area contributed by atoms with Gasteiger partial charge in [-0.1, -0.05) is 23.7 Å². The average molecular weight is 292 g/mol. The summed E-state index contributed by atoms with van der Waals surface area (Å²) < 4.78 is 5.42. The van der Waals surface area contributed by atoms with E-state index in [0.29, 0.717) is 23.1 Å². The molecule has 2 aromatic rings. The number of halogens is 1. The maximum Gasteiger partial charge on any atom is 0.259 e.